The second-order valence-electron chi connectivity index (χ2n) is 25.4. The fraction of sp³-hybridized carbons (Fsp3) is 0.159. The number of hydrogen-bond donors (Lipinski definition) is 0. The van der Waals surface area contributed by atoms with Gasteiger partial charge >= 0.3 is 0 Å². The van der Waals surface area contributed by atoms with E-state index in [1.54, 1.807) is 0 Å². The van der Waals surface area contributed by atoms with E-state index in [2.05, 4.69) is 46.4 Å². The second-order valence-corrected chi connectivity index (χ2v) is 31.1. The largest absolute Gasteiger partial charge is 0.490 e. The summed E-state index contributed by atoms with van der Waals surface area (Å²) in [4.78, 5) is 28.3. The van der Waals surface area contributed by atoms with Gasteiger partial charge in [0, 0.05) is 80.6 Å². The van der Waals surface area contributed by atoms with Crippen LogP contribution in [0.2, 0.25) is 0 Å². The SMILES string of the molecule is Cc1ccc(-c2cccc(-c3ccc(COCCOCCOc4c(CP(=O)(c5ccccc5)c5ccccc5)cc5ccccc5c4-c4c(OCCOCCOCc5ccc(-c6cccc(-c7ccc(C)cn7)n6)nc5)c(CP(=O)(c5ccccc5)c5ccccc5)cc5ccccc45)cn3)n2)nc1. The minimum absolute atomic E-state index is 0.119. The molecule has 8 aromatic carbocycles. The summed E-state index contributed by atoms with van der Waals surface area (Å²) in [5, 5.41) is 6.45. The van der Waals surface area contributed by atoms with E-state index in [1.807, 2.05) is 269 Å². The maximum Gasteiger partial charge on any atom is 0.147 e. The lowest BCUT2D eigenvalue weighted by atomic mass is 9.89. The number of pyridine rings is 6. The van der Waals surface area contributed by atoms with Gasteiger partial charge in [0.1, 0.15) is 39.0 Å². The fourth-order valence-corrected chi connectivity index (χ4v) is 18.3. The van der Waals surface area contributed by atoms with Gasteiger partial charge in [0.15, 0.2) is 0 Å². The molecule has 0 aliphatic rings. The molecular formula is C88H78N6O8P2. The van der Waals surface area contributed by atoms with Crippen LogP contribution in [-0.2, 0) is 53.6 Å². The van der Waals surface area contributed by atoms with E-state index in [1.165, 1.54) is 0 Å². The van der Waals surface area contributed by atoms with Gasteiger partial charge in [0.05, 0.1) is 98.4 Å². The van der Waals surface area contributed by atoms with Crippen molar-refractivity contribution in [3.8, 4) is 68.2 Å². The van der Waals surface area contributed by atoms with Crippen LogP contribution in [0.1, 0.15) is 33.4 Å². The molecule has 0 bridgehead atoms. The maximum atomic E-state index is 16.5. The fourth-order valence-electron chi connectivity index (χ4n) is 12.9. The Morgan fingerprint density at radius 2 is 0.615 bits per heavy atom. The standard InChI is InChI=1S/C88H78N6O8P2/c1-63-37-41-77(89-55-63)81-33-19-35-83(93-81)79-43-39-65(57-91-79)59-99-47-45-97-49-51-101-87-69(61-103(95,71-23-7-3-8-24-71)72-25-9-4-10-26-72)53-67-21-15-17-31-75(67)85(87)86-76-32-18-16-22-68(76)54-70(62-104(96,73-27-11-5-12-28-73)74-29-13-6-14-30-74)88(86)102-52-50-98-46-48-100-60-66-40-44-80(92-58-66)84-36-20-34-82(94-84)78-42-38-64(2)56-90-78/h3-44,53-58H,45-52,59-62H2,1-2H3. The molecule has 16 heteroatoms. The van der Waals surface area contributed by atoms with Crippen molar-refractivity contribution in [3.63, 3.8) is 0 Å². The number of nitrogens with zero attached hydrogens (tertiary/aromatic N) is 6. The summed E-state index contributed by atoms with van der Waals surface area (Å²) in [6.45, 7) is 6.59. The minimum atomic E-state index is -3.46. The van der Waals surface area contributed by atoms with Crippen molar-refractivity contribution in [1.82, 2.24) is 29.9 Å². The molecule has 6 aromatic heterocycles. The lowest BCUT2D eigenvalue weighted by molar-refractivity contribution is 0.0301. The second kappa shape index (κ2) is 33.5. The molecule has 14 nitrogen and oxygen atoms in total. The van der Waals surface area contributed by atoms with Gasteiger partial charge in [-0.1, -0.05) is 206 Å². The van der Waals surface area contributed by atoms with Gasteiger partial charge in [-0.3, -0.25) is 19.9 Å². The van der Waals surface area contributed by atoms with Crippen LogP contribution in [0.25, 0.3) is 78.2 Å². The third-order valence-electron chi connectivity index (χ3n) is 18.1. The molecule has 0 unspecified atom stereocenters. The highest BCUT2D eigenvalue weighted by molar-refractivity contribution is 7.78. The highest BCUT2D eigenvalue weighted by Gasteiger charge is 2.34. The first-order valence-electron chi connectivity index (χ1n) is 34.9. The summed E-state index contributed by atoms with van der Waals surface area (Å²) in [5.41, 5.74) is 13.1. The first kappa shape index (κ1) is 70.1. The van der Waals surface area contributed by atoms with Gasteiger partial charge in [-0.15, -0.1) is 0 Å². The Balaban J connectivity index is 0.754. The van der Waals surface area contributed by atoms with Gasteiger partial charge in [-0.2, -0.15) is 0 Å². The predicted molar refractivity (Wildman–Crippen MR) is 417 cm³/mol. The average Bonchev–Trinajstić information content (AvgIpc) is 0.729. The third kappa shape index (κ3) is 16.6. The van der Waals surface area contributed by atoms with Crippen LogP contribution in [0, 0.1) is 13.8 Å². The number of fused-ring (bicyclic) bond motifs is 2. The number of ether oxygens (including phenoxy) is 6. The number of aromatic nitrogens is 6. The summed E-state index contributed by atoms with van der Waals surface area (Å²) >= 11 is 0. The zero-order valence-electron chi connectivity index (χ0n) is 58.0. The van der Waals surface area contributed by atoms with Crippen LogP contribution in [-0.4, -0.2) is 82.8 Å². The van der Waals surface area contributed by atoms with E-state index < -0.39 is 14.3 Å². The number of rotatable bonds is 31. The molecule has 0 fully saturated rings. The summed E-state index contributed by atoms with van der Waals surface area (Å²) in [7, 11) is -6.92. The van der Waals surface area contributed by atoms with Crippen LogP contribution < -0.4 is 30.7 Å². The lowest BCUT2D eigenvalue weighted by Crippen LogP contribution is -2.19. The molecule has 0 aliphatic carbocycles. The highest BCUT2D eigenvalue weighted by atomic mass is 31.2. The van der Waals surface area contributed by atoms with E-state index in [0.29, 0.717) is 51.1 Å². The topological polar surface area (TPSA) is 167 Å². The smallest absolute Gasteiger partial charge is 0.147 e. The first-order chi connectivity index (χ1) is 51.1. The maximum absolute atomic E-state index is 16.5. The van der Waals surface area contributed by atoms with Crippen molar-refractivity contribution in [3.05, 3.63) is 325 Å². The molecule has 0 saturated heterocycles. The number of aryl methyl sites for hydroxylation is 2. The Hall–Kier alpha value is -10.9. The lowest BCUT2D eigenvalue weighted by Gasteiger charge is -2.27. The molecule has 14 rings (SSSR count). The van der Waals surface area contributed by atoms with Gasteiger partial charge in [0.2, 0.25) is 0 Å². The van der Waals surface area contributed by atoms with Crippen LogP contribution in [0.5, 0.6) is 11.5 Å². The predicted octanol–water partition coefficient (Wildman–Crippen LogP) is 17.6. The Labute approximate surface area is 606 Å². The molecule has 0 atom stereocenters. The van der Waals surface area contributed by atoms with Crippen molar-refractivity contribution in [2.75, 3.05) is 52.9 Å². The van der Waals surface area contributed by atoms with Crippen molar-refractivity contribution in [2.45, 2.75) is 39.4 Å². The zero-order valence-corrected chi connectivity index (χ0v) is 59.8. The average molecular weight is 1410 g/mol. The molecule has 518 valence electrons. The quantitative estimate of drug-likeness (QED) is 0.0297. The minimum Gasteiger partial charge on any atom is -0.490 e. The van der Waals surface area contributed by atoms with Gasteiger partial charge in [0.25, 0.3) is 0 Å². The Morgan fingerprint density at radius 1 is 0.298 bits per heavy atom. The molecular weight excluding hydrogens is 1330 g/mol. The van der Waals surface area contributed by atoms with Crippen LogP contribution in [0.15, 0.2) is 292 Å². The Bertz CT molecular complexity index is 4880. The van der Waals surface area contributed by atoms with E-state index in [9.17, 15) is 0 Å². The van der Waals surface area contributed by atoms with Gasteiger partial charge in [-0.25, -0.2) is 9.97 Å². The summed E-state index contributed by atoms with van der Waals surface area (Å²) in [6.07, 6.45) is 7.55. The first-order valence-corrected chi connectivity index (χ1v) is 38.7. The van der Waals surface area contributed by atoms with Gasteiger partial charge < -0.3 is 37.6 Å². The molecule has 0 amide bonds. The van der Waals surface area contributed by atoms with E-state index in [-0.39, 0.29) is 38.8 Å². The molecule has 0 spiro atoms. The van der Waals surface area contributed by atoms with Crippen molar-refractivity contribution in [1.29, 1.82) is 0 Å². The number of benzene rings is 8. The Morgan fingerprint density at radius 3 is 0.952 bits per heavy atom. The monoisotopic (exact) mass is 1410 g/mol. The van der Waals surface area contributed by atoms with Crippen LogP contribution in [0.4, 0.5) is 0 Å². The van der Waals surface area contributed by atoms with Crippen molar-refractivity contribution >= 4 is 57.0 Å². The summed E-state index contributed by atoms with van der Waals surface area (Å²) in [6, 6.07) is 87.3. The van der Waals surface area contributed by atoms with Crippen molar-refractivity contribution < 1.29 is 37.6 Å². The molecule has 14 aromatic rings. The van der Waals surface area contributed by atoms with Crippen molar-refractivity contribution in [2.24, 2.45) is 0 Å². The van der Waals surface area contributed by atoms with E-state index in [0.717, 1.165) is 133 Å². The molecule has 6 heterocycles. The van der Waals surface area contributed by atoms with E-state index in [4.69, 9.17) is 48.4 Å². The normalized spacial score (nSPS) is 11.7. The van der Waals surface area contributed by atoms with Gasteiger partial charge in [-0.05, 0) is 118 Å². The zero-order chi connectivity index (χ0) is 70.9. The molecule has 0 saturated carbocycles. The molecule has 0 radical (unpaired) electrons. The molecule has 104 heavy (non-hydrogen) atoms. The Kier molecular flexibility index (Phi) is 22.6. The number of hydrogen-bond acceptors (Lipinski definition) is 14. The molecule has 0 aliphatic heterocycles. The van der Waals surface area contributed by atoms with Crippen LogP contribution in [0.3, 0.4) is 0 Å². The third-order valence-corrected chi connectivity index (χ3v) is 24.2. The van der Waals surface area contributed by atoms with Crippen LogP contribution >= 0.6 is 14.3 Å². The summed E-state index contributed by atoms with van der Waals surface area (Å²) in [5.74, 6) is 1.06. The molecule has 0 N–H and O–H groups in total. The van der Waals surface area contributed by atoms with E-state index >= 15 is 9.13 Å². The highest BCUT2D eigenvalue weighted by Crippen LogP contribution is 2.56. The summed E-state index contributed by atoms with van der Waals surface area (Å²) < 4.78 is 72.5.